The number of nitrogens with one attached hydrogen (secondary N) is 1. The van der Waals surface area contributed by atoms with E-state index in [1.54, 1.807) is 16.7 Å². The Bertz CT molecular complexity index is 977. The smallest absolute Gasteiger partial charge is 0.310 e. The summed E-state index contributed by atoms with van der Waals surface area (Å²) in [6, 6.07) is 10.2. The summed E-state index contributed by atoms with van der Waals surface area (Å²) in [6.45, 7) is 4.06. The van der Waals surface area contributed by atoms with E-state index in [0.717, 1.165) is 37.8 Å². The molecule has 7 heteroatoms. The number of unbranched alkanes of at least 4 members (excludes halogenated alkanes) is 1. The molecular formula is C22H24F3N3O. The van der Waals surface area contributed by atoms with Gasteiger partial charge in [0.25, 0.3) is 0 Å². The lowest BCUT2D eigenvalue weighted by molar-refractivity contribution is -0.137. The SMILES string of the molecule is CCCC[C@H](CC)C(=O)Nc1c(-c2ccc(C(F)(F)F)cc2)nc2ccccn12. The number of imidazole rings is 1. The van der Waals surface area contributed by atoms with Crippen molar-refractivity contribution >= 4 is 17.4 Å². The Hall–Kier alpha value is -2.83. The first kappa shape index (κ1) is 20.9. The molecule has 0 radical (unpaired) electrons. The van der Waals surface area contributed by atoms with Crippen molar-refractivity contribution in [3.05, 3.63) is 54.2 Å². The fraction of sp³-hybridized carbons (Fsp3) is 0.364. The molecule has 2 heterocycles. The molecule has 1 N–H and O–H groups in total. The second-order valence-corrected chi connectivity index (χ2v) is 7.05. The summed E-state index contributed by atoms with van der Waals surface area (Å²) in [5.74, 6) is 0.254. The van der Waals surface area contributed by atoms with Crippen molar-refractivity contribution in [1.82, 2.24) is 9.38 Å². The van der Waals surface area contributed by atoms with E-state index in [2.05, 4.69) is 17.2 Å². The average molecular weight is 403 g/mol. The number of amides is 1. The molecule has 0 saturated heterocycles. The highest BCUT2D eigenvalue weighted by atomic mass is 19.4. The molecule has 0 aliphatic carbocycles. The van der Waals surface area contributed by atoms with Gasteiger partial charge in [-0.3, -0.25) is 9.20 Å². The fourth-order valence-corrected chi connectivity index (χ4v) is 3.32. The van der Waals surface area contributed by atoms with Crippen LogP contribution in [0.25, 0.3) is 16.9 Å². The van der Waals surface area contributed by atoms with Crippen molar-refractivity contribution in [2.24, 2.45) is 5.92 Å². The van der Waals surface area contributed by atoms with Crippen molar-refractivity contribution < 1.29 is 18.0 Å². The van der Waals surface area contributed by atoms with Gasteiger partial charge in [0.05, 0.1) is 5.56 Å². The third-order valence-corrected chi connectivity index (χ3v) is 5.03. The van der Waals surface area contributed by atoms with E-state index in [1.165, 1.54) is 12.1 Å². The van der Waals surface area contributed by atoms with E-state index < -0.39 is 11.7 Å². The minimum absolute atomic E-state index is 0.0974. The monoisotopic (exact) mass is 403 g/mol. The number of hydrogen-bond acceptors (Lipinski definition) is 2. The van der Waals surface area contributed by atoms with E-state index in [0.29, 0.717) is 22.7 Å². The zero-order valence-electron chi connectivity index (χ0n) is 16.5. The molecule has 1 aromatic carbocycles. The van der Waals surface area contributed by atoms with Gasteiger partial charge in [-0.1, -0.05) is 44.9 Å². The molecule has 154 valence electrons. The maximum absolute atomic E-state index is 12.9. The number of halogens is 3. The number of rotatable bonds is 7. The summed E-state index contributed by atoms with van der Waals surface area (Å²) >= 11 is 0. The number of anilines is 1. The van der Waals surface area contributed by atoms with Crippen molar-refractivity contribution in [3.63, 3.8) is 0 Å². The summed E-state index contributed by atoms with van der Waals surface area (Å²) < 4.78 is 40.4. The molecule has 0 aliphatic heterocycles. The van der Waals surface area contributed by atoms with Gasteiger partial charge in [0, 0.05) is 17.7 Å². The molecule has 0 fully saturated rings. The number of benzene rings is 1. The van der Waals surface area contributed by atoms with Crippen LogP contribution < -0.4 is 5.32 Å². The van der Waals surface area contributed by atoms with E-state index in [9.17, 15) is 18.0 Å². The van der Waals surface area contributed by atoms with Crippen LogP contribution in [0.2, 0.25) is 0 Å². The summed E-state index contributed by atoms with van der Waals surface area (Å²) in [5, 5.41) is 2.98. The Morgan fingerprint density at radius 2 is 1.86 bits per heavy atom. The first-order chi connectivity index (χ1) is 13.8. The number of aromatic nitrogens is 2. The number of carbonyl (C=O) groups excluding carboxylic acids is 1. The third-order valence-electron chi connectivity index (χ3n) is 5.03. The third kappa shape index (κ3) is 4.60. The molecule has 29 heavy (non-hydrogen) atoms. The summed E-state index contributed by atoms with van der Waals surface area (Å²) in [6.07, 6.45) is 0.866. The van der Waals surface area contributed by atoms with Gasteiger partial charge in [-0.25, -0.2) is 4.98 Å². The van der Waals surface area contributed by atoms with Crippen LogP contribution >= 0.6 is 0 Å². The maximum Gasteiger partial charge on any atom is 0.416 e. The van der Waals surface area contributed by atoms with Crippen LogP contribution in [0.4, 0.5) is 19.0 Å². The molecule has 0 aliphatic rings. The van der Waals surface area contributed by atoms with E-state index in [4.69, 9.17) is 0 Å². The number of nitrogens with zero attached hydrogens (tertiary/aromatic N) is 2. The maximum atomic E-state index is 12.9. The minimum Gasteiger partial charge on any atom is -0.310 e. The molecule has 3 rings (SSSR count). The van der Waals surface area contributed by atoms with Gasteiger partial charge in [-0.2, -0.15) is 13.2 Å². The van der Waals surface area contributed by atoms with Gasteiger partial charge >= 0.3 is 6.18 Å². The molecule has 1 amide bonds. The van der Waals surface area contributed by atoms with Gasteiger partial charge in [-0.05, 0) is 37.1 Å². The standard InChI is InChI=1S/C22H24F3N3O/c1-3-5-8-15(4-2)21(29)27-20-19(26-18-9-6-7-14-28(18)20)16-10-12-17(13-11-16)22(23,24)25/h6-7,9-15H,3-5,8H2,1-2H3,(H,27,29)/t15-/m0/s1. The Morgan fingerprint density at radius 1 is 1.14 bits per heavy atom. The molecule has 1 atom stereocenters. The predicted octanol–water partition coefficient (Wildman–Crippen LogP) is 6.18. The van der Waals surface area contributed by atoms with Crippen molar-refractivity contribution in [1.29, 1.82) is 0 Å². The van der Waals surface area contributed by atoms with E-state index in [1.807, 2.05) is 19.1 Å². The van der Waals surface area contributed by atoms with Gasteiger partial charge in [0.15, 0.2) is 0 Å². The van der Waals surface area contributed by atoms with Crippen molar-refractivity contribution in [2.45, 2.75) is 45.7 Å². The average Bonchev–Trinajstić information content (AvgIpc) is 3.06. The van der Waals surface area contributed by atoms with Crippen molar-refractivity contribution in [2.75, 3.05) is 5.32 Å². The van der Waals surface area contributed by atoms with Gasteiger partial charge in [-0.15, -0.1) is 0 Å². The minimum atomic E-state index is -4.40. The molecular weight excluding hydrogens is 379 g/mol. The first-order valence-electron chi connectivity index (χ1n) is 9.80. The van der Waals surface area contributed by atoms with Crippen LogP contribution in [0.1, 0.15) is 45.1 Å². The van der Waals surface area contributed by atoms with Crippen LogP contribution in [0.3, 0.4) is 0 Å². The fourth-order valence-electron chi connectivity index (χ4n) is 3.32. The zero-order chi connectivity index (χ0) is 21.0. The Morgan fingerprint density at radius 3 is 2.48 bits per heavy atom. The largest absolute Gasteiger partial charge is 0.416 e. The quantitative estimate of drug-likeness (QED) is 0.512. The molecule has 0 saturated carbocycles. The van der Waals surface area contributed by atoms with Crippen LogP contribution in [0, 0.1) is 5.92 Å². The molecule has 0 spiro atoms. The molecule has 3 aromatic rings. The highest BCUT2D eigenvalue weighted by Crippen LogP contribution is 2.33. The van der Waals surface area contributed by atoms with Gasteiger partial charge < -0.3 is 5.32 Å². The Kier molecular flexibility index (Phi) is 6.25. The highest BCUT2D eigenvalue weighted by Gasteiger charge is 2.30. The lowest BCUT2D eigenvalue weighted by Crippen LogP contribution is -2.23. The topological polar surface area (TPSA) is 46.4 Å². The van der Waals surface area contributed by atoms with Crippen LogP contribution in [-0.4, -0.2) is 15.3 Å². The van der Waals surface area contributed by atoms with E-state index >= 15 is 0 Å². The van der Waals surface area contributed by atoms with Gasteiger partial charge in [0.2, 0.25) is 5.91 Å². The molecule has 0 unspecified atom stereocenters. The zero-order valence-corrected chi connectivity index (χ0v) is 16.5. The molecule has 2 aromatic heterocycles. The second-order valence-electron chi connectivity index (χ2n) is 7.05. The van der Waals surface area contributed by atoms with E-state index in [-0.39, 0.29) is 11.8 Å². The number of hydrogen-bond donors (Lipinski definition) is 1. The predicted molar refractivity (Wildman–Crippen MR) is 108 cm³/mol. The summed E-state index contributed by atoms with van der Waals surface area (Å²) in [7, 11) is 0. The van der Waals surface area contributed by atoms with Crippen LogP contribution in [0.5, 0.6) is 0 Å². The lowest BCUT2D eigenvalue weighted by Gasteiger charge is -2.15. The number of alkyl halides is 3. The number of fused-ring (bicyclic) bond motifs is 1. The second kappa shape index (κ2) is 8.68. The lowest BCUT2D eigenvalue weighted by atomic mass is 9.98. The summed E-state index contributed by atoms with van der Waals surface area (Å²) in [4.78, 5) is 17.4. The highest BCUT2D eigenvalue weighted by molar-refractivity contribution is 5.96. The normalized spacial score (nSPS) is 12.9. The number of carbonyl (C=O) groups is 1. The first-order valence-corrected chi connectivity index (χ1v) is 9.80. The Labute approximate surface area is 167 Å². The molecule has 4 nitrogen and oxygen atoms in total. The molecule has 0 bridgehead atoms. The summed E-state index contributed by atoms with van der Waals surface area (Å²) in [5.41, 5.74) is 0.850. The van der Waals surface area contributed by atoms with Crippen LogP contribution in [0.15, 0.2) is 48.7 Å². The number of pyridine rings is 1. The van der Waals surface area contributed by atoms with Crippen LogP contribution in [-0.2, 0) is 11.0 Å². The Balaban J connectivity index is 1.99. The van der Waals surface area contributed by atoms with Crippen molar-refractivity contribution in [3.8, 4) is 11.3 Å². The van der Waals surface area contributed by atoms with Gasteiger partial charge in [0.1, 0.15) is 17.2 Å².